The van der Waals surface area contributed by atoms with Crippen LogP contribution in [-0.2, 0) is 0 Å². The first-order chi connectivity index (χ1) is 10.9. The summed E-state index contributed by atoms with van der Waals surface area (Å²) in [4.78, 5) is 0. The van der Waals surface area contributed by atoms with Crippen molar-refractivity contribution < 1.29 is 0 Å². The first kappa shape index (κ1) is 13.1. The molecule has 0 N–H and O–H groups in total. The van der Waals surface area contributed by atoms with Crippen LogP contribution in [0.15, 0.2) is 84.4 Å². The summed E-state index contributed by atoms with van der Waals surface area (Å²) in [6, 6.07) is 28.1. The molecule has 1 fully saturated rings. The predicted octanol–water partition coefficient (Wildman–Crippen LogP) is 6.20. The van der Waals surface area contributed by atoms with E-state index in [9.17, 15) is 0 Å². The van der Waals surface area contributed by atoms with Crippen LogP contribution in [0, 0.1) is 0 Å². The minimum absolute atomic E-state index is 1.26. The Labute approximate surface area is 131 Å². The van der Waals surface area contributed by atoms with E-state index in [-0.39, 0.29) is 0 Å². The van der Waals surface area contributed by atoms with Crippen molar-refractivity contribution >= 4 is 6.08 Å². The molecule has 0 atom stereocenters. The van der Waals surface area contributed by atoms with Crippen molar-refractivity contribution in [1.82, 2.24) is 0 Å². The second kappa shape index (κ2) is 5.65. The molecule has 22 heavy (non-hydrogen) atoms. The van der Waals surface area contributed by atoms with E-state index >= 15 is 0 Å². The van der Waals surface area contributed by atoms with Gasteiger partial charge in [0.2, 0.25) is 0 Å². The SMILES string of the molecule is C(=C1CC1)c1cc(-c2ccccc2)cc(-c2ccccc2)c1. The highest BCUT2D eigenvalue weighted by Gasteiger charge is 2.11. The average Bonchev–Trinajstić information content (AvgIpc) is 3.40. The van der Waals surface area contributed by atoms with E-state index in [0.29, 0.717) is 0 Å². The summed E-state index contributed by atoms with van der Waals surface area (Å²) in [6.45, 7) is 0. The van der Waals surface area contributed by atoms with E-state index in [4.69, 9.17) is 0 Å². The number of hydrogen-bond donors (Lipinski definition) is 0. The lowest BCUT2D eigenvalue weighted by Crippen LogP contribution is -1.84. The molecule has 0 aromatic heterocycles. The van der Waals surface area contributed by atoms with E-state index in [0.717, 1.165) is 0 Å². The van der Waals surface area contributed by atoms with Gasteiger partial charge in [-0.3, -0.25) is 0 Å². The fraction of sp³-hybridized carbons (Fsp3) is 0.0909. The zero-order valence-corrected chi connectivity index (χ0v) is 12.5. The van der Waals surface area contributed by atoms with Gasteiger partial charge in [-0.15, -0.1) is 0 Å². The Hall–Kier alpha value is -2.60. The molecule has 0 unspecified atom stereocenters. The van der Waals surface area contributed by atoms with Crippen LogP contribution in [0.4, 0.5) is 0 Å². The molecule has 0 nitrogen and oxygen atoms in total. The van der Waals surface area contributed by atoms with Crippen molar-refractivity contribution in [2.75, 3.05) is 0 Å². The maximum atomic E-state index is 2.35. The van der Waals surface area contributed by atoms with Gasteiger partial charge in [0, 0.05) is 0 Å². The lowest BCUT2D eigenvalue weighted by atomic mass is 9.96. The molecule has 0 aliphatic heterocycles. The van der Waals surface area contributed by atoms with Crippen molar-refractivity contribution in [1.29, 1.82) is 0 Å². The lowest BCUT2D eigenvalue weighted by molar-refractivity contribution is 1.50. The van der Waals surface area contributed by atoms with Gasteiger partial charge in [-0.2, -0.15) is 0 Å². The molecule has 0 heterocycles. The van der Waals surface area contributed by atoms with Crippen LogP contribution >= 0.6 is 0 Å². The summed E-state index contributed by atoms with van der Waals surface area (Å²) in [7, 11) is 0. The largest absolute Gasteiger partial charge is 0.0690 e. The second-order valence-electron chi connectivity index (χ2n) is 5.88. The minimum atomic E-state index is 1.26. The molecule has 0 spiro atoms. The molecule has 3 aromatic carbocycles. The lowest BCUT2D eigenvalue weighted by Gasteiger charge is -2.09. The zero-order chi connectivity index (χ0) is 14.8. The molecular formula is C22H18. The number of rotatable bonds is 3. The van der Waals surface area contributed by atoms with Gasteiger partial charge in [-0.1, -0.05) is 72.3 Å². The molecular weight excluding hydrogens is 264 g/mol. The first-order valence-corrected chi connectivity index (χ1v) is 7.84. The molecule has 0 heteroatoms. The van der Waals surface area contributed by atoms with Gasteiger partial charge in [-0.25, -0.2) is 0 Å². The van der Waals surface area contributed by atoms with Gasteiger partial charge in [0.15, 0.2) is 0 Å². The summed E-state index contributed by atoms with van der Waals surface area (Å²) in [5.74, 6) is 0. The van der Waals surface area contributed by atoms with Gasteiger partial charge in [0.05, 0.1) is 0 Å². The molecule has 0 amide bonds. The second-order valence-corrected chi connectivity index (χ2v) is 5.88. The van der Waals surface area contributed by atoms with Crippen molar-refractivity contribution in [2.45, 2.75) is 12.8 Å². The smallest absolute Gasteiger partial charge is 0.0172 e. The Balaban J connectivity index is 1.86. The van der Waals surface area contributed by atoms with Gasteiger partial charge >= 0.3 is 0 Å². The molecule has 3 aromatic rings. The van der Waals surface area contributed by atoms with Crippen LogP contribution in [0.3, 0.4) is 0 Å². The Kier molecular flexibility index (Phi) is 3.36. The molecule has 1 aliphatic carbocycles. The molecule has 106 valence electrons. The van der Waals surface area contributed by atoms with E-state index in [1.165, 1.54) is 40.7 Å². The monoisotopic (exact) mass is 282 g/mol. The molecule has 1 saturated carbocycles. The van der Waals surface area contributed by atoms with Crippen LogP contribution in [0.5, 0.6) is 0 Å². The summed E-state index contributed by atoms with van der Waals surface area (Å²) in [5.41, 5.74) is 7.99. The summed E-state index contributed by atoms with van der Waals surface area (Å²) in [5, 5.41) is 0. The number of benzene rings is 3. The van der Waals surface area contributed by atoms with E-state index < -0.39 is 0 Å². The van der Waals surface area contributed by atoms with E-state index in [2.05, 4.69) is 84.9 Å². The Morgan fingerprint density at radius 3 is 1.50 bits per heavy atom. The van der Waals surface area contributed by atoms with Crippen molar-refractivity contribution in [2.24, 2.45) is 0 Å². The molecule has 0 bridgehead atoms. The summed E-state index contributed by atoms with van der Waals surface area (Å²) >= 11 is 0. The average molecular weight is 282 g/mol. The maximum absolute atomic E-state index is 2.35. The van der Waals surface area contributed by atoms with Crippen molar-refractivity contribution in [3.8, 4) is 22.3 Å². The van der Waals surface area contributed by atoms with Crippen LogP contribution in [0.1, 0.15) is 18.4 Å². The normalized spacial score (nSPS) is 13.0. The highest BCUT2D eigenvalue weighted by molar-refractivity contribution is 5.77. The molecule has 1 aliphatic rings. The van der Waals surface area contributed by atoms with Crippen LogP contribution in [0.2, 0.25) is 0 Å². The molecule has 0 saturated heterocycles. The predicted molar refractivity (Wildman–Crippen MR) is 94.5 cm³/mol. The summed E-state index contributed by atoms with van der Waals surface area (Å²) < 4.78 is 0. The quantitative estimate of drug-likeness (QED) is 0.536. The van der Waals surface area contributed by atoms with Gasteiger partial charge in [0.25, 0.3) is 0 Å². The Morgan fingerprint density at radius 2 is 1.05 bits per heavy atom. The zero-order valence-electron chi connectivity index (χ0n) is 12.5. The highest BCUT2D eigenvalue weighted by Crippen LogP contribution is 2.33. The first-order valence-electron chi connectivity index (χ1n) is 7.84. The van der Waals surface area contributed by atoms with Crippen LogP contribution in [-0.4, -0.2) is 0 Å². The van der Waals surface area contributed by atoms with E-state index in [1.54, 1.807) is 5.57 Å². The Bertz CT molecular complexity index is 747. The van der Waals surface area contributed by atoms with Gasteiger partial charge < -0.3 is 0 Å². The molecule has 0 radical (unpaired) electrons. The third-order valence-electron chi connectivity index (χ3n) is 4.08. The van der Waals surface area contributed by atoms with Crippen LogP contribution < -0.4 is 0 Å². The third-order valence-corrected chi connectivity index (χ3v) is 4.08. The minimum Gasteiger partial charge on any atom is -0.0690 e. The van der Waals surface area contributed by atoms with Gasteiger partial charge in [0.1, 0.15) is 0 Å². The van der Waals surface area contributed by atoms with Crippen LogP contribution in [0.25, 0.3) is 28.3 Å². The highest BCUT2D eigenvalue weighted by atomic mass is 14.2. The standard InChI is InChI=1S/C22H18/c1-3-7-19(8-4-1)21-14-18(13-17-11-12-17)15-22(16-21)20-9-5-2-6-10-20/h1-10,13-16H,11-12H2. The van der Waals surface area contributed by atoms with Crippen molar-refractivity contribution in [3.05, 3.63) is 90.0 Å². The number of hydrogen-bond acceptors (Lipinski definition) is 0. The van der Waals surface area contributed by atoms with Crippen molar-refractivity contribution in [3.63, 3.8) is 0 Å². The Morgan fingerprint density at radius 1 is 0.545 bits per heavy atom. The fourth-order valence-corrected chi connectivity index (χ4v) is 2.78. The topological polar surface area (TPSA) is 0 Å². The summed E-state index contributed by atoms with van der Waals surface area (Å²) in [6.07, 6.45) is 4.87. The molecule has 4 rings (SSSR count). The van der Waals surface area contributed by atoms with Gasteiger partial charge in [-0.05, 0) is 58.9 Å². The maximum Gasteiger partial charge on any atom is -0.0172 e. The third kappa shape index (κ3) is 2.87. The number of allylic oxidation sites excluding steroid dienone is 1. The fourth-order valence-electron chi connectivity index (χ4n) is 2.78. The van der Waals surface area contributed by atoms with E-state index in [1.807, 2.05) is 0 Å².